The molecule has 13 heteroatoms. The Bertz CT molecular complexity index is 1030. The van der Waals surface area contributed by atoms with Gasteiger partial charge in [0.25, 0.3) is 0 Å². The number of ether oxygens (including phenoxy) is 2. The summed E-state index contributed by atoms with van der Waals surface area (Å²) in [4.78, 5) is 13.0. The molecule has 1 rings (SSSR count). The van der Waals surface area contributed by atoms with Gasteiger partial charge in [0.1, 0.15) is 24.4 Å². The Hall–Kier alpha value is -1.16. The van der Waals surface area contributed by atoms with E-state index in [1.54, 1.807) is 0 Å². The van der Waals surface area contributed by atoms with E-state index in [0.29, 0.717) is 12.8 Å². The summed E-state index contributed by atoms with van der Waals surface area (Å²) in [5.74, 6) is -0.247. The number of carbonyl (C=O) groups excluding carboxylic acids is 1. The molecule has 0 aromatic heterocycles. The summed E-state index contributed by atoms with van der Waals surface area (Å²) in [6.45, 7) is 3.41. The first-order valence-electron chi connectivity index (χ1n) is 21.6. The van der Waals surface area contributed by atoms with Gasteiger partial charge in [0.2, 0.25) is 5.91 Å². The minimum absolute atomic E-state index is 0.247. The van der Waals surface area contributed by atoms with Crippen molar-refractivity contribution in [1.29, 1.82) is 0 Å². The van der Waals surface area contributed by atoms with E-state index in [1.165, 1.54) is 103 Å². The quantitative estimate of drug-likeness (QED) is 0.0208. The van der Waals surface area contributed by atoms with E-state index in [4.69, 9.17) is 14.0 Å². The van der Waals surface area contributed by atoms with Crippen LogP contribution in [0.1, 0.15) is 187 Å². The molecular formula is C41H79NO11S. The Balaban J connectivity index is 2.56. The van der Waals surface area contributed by atoms with Crippen LogP contribution < -0.4 is 5.32 Å². The first-order valence-corrected chi connectivity index (χ1v) is 22.9. The van der Waals surface area contributed by atoms with Crippen LogP contribution in [0.25, 0.3) is 0 Å². The van der Waals surface area contributed by atoms with Crippen LogP contribution in [0.2, 0.25) is 0 Å². The van der Waals surface area contributed by atoms with E-state index in [-0.39, 0.29) is 18.9 Å². The fourth-order valence-corrected chi connectivity index (χ4v) is 7.43. The van der Waals surface area contributed by atoms with Crippen molar-refractivity contribution in [3.8, 4) is 0 Å². The Morgan fingerprint density at radius 3 is 1.67 bits per heavy atom. The normalized spacial score (nSPS) is 21.8. The highest BCUT2D eigenvalue weighted by molar-refractivity contribution is 7.80. The number of aliphatic hydroxyl groups is 4. The molecule has 1 heterocycles. The van der Waals surface area contributed by atoms with Crippen LogP contribution in [0, 0.1) is 0 Å². The van der Waals surface area contributed by atoms with Gasteiger partial charge < -0.3 is 35.2 Å². The van der Waals surface area contributed by atoms with Gasteiger partial charge in [-0.15, -0.1) is 0 Å². The molecule has 1 aliphatic rings. The molecule has 54 heavy (non-hydrogen) atoms. The van der Waals surface area contributed by atoms with Gasteiger partial charge in [0.05, 0.1) is 25.4 Å². The molecule has 12 nitrogen and oxygen atoms in total. The lowest BCUT2D eigenvalue weighted by Crippen LogP contribution is -2.61. The molecule has 1 aliphatic heterocycles. The lowest BCUT2D eigenvalue weighted by molar-refractivity contribution is -0.298. The van der Waals surface area contributed by atoms with Crippen molar-refractivity contribution in [2.24, 2.45) is 0 Å². The fourth-order valence-electron chi connectivity index (χ4n) is 6.92. The minimum atomic E-state index is -5.07. The van der Waals surface area contributed by atoms with Crippen molar-refractivity contribution in [1.82, 2.24) is 5.32 Å². The molecule has 7 atom stereocenters. The van der Waals surface area contributed by atoms with Crippen molar-refractivity contribution in [3.63, 3.8) is 0 Å². The van der Waals surface area contributed by atoms with E-state index in [0.717, 1.165) is 51.4 Å². The highest BCUT2D eigenvalue weighted by Crippen LogP contribution is 2.26. The molecule has 7 unspecified atom stereocenters. The van der Waals surface area contributed by atoms with Crippen LogP contribution in [0.3, 0.4) is 0 Å². The Morgan fingerprint density at radius 1 is 0.722 bits per heavy atom. The topological polar surface area (TPSA) is 192 Å². The maximum atomic E-state index is 13.0. The molecule has 0 radical (unpaired) electrons. The number of unbranched alkanes of at least 4 members (excludes halogenated alkanes) is 22. The summed E-state index contributed by atoms with van der Waals surface area (Å²) in [5, 5.41) is 44.7. The third-order valence-corrected chi connectivity index (χ3v) is 10.8. The number of amides is 1. The second-order valence-electron chi connectivity index (χ2n) is 15.3. The smallest absolute Gasteiger partial charge is 0.394 e. The Kier molecular flexibility index (Phi) is 31.0. The van der Waals surface area contributed by atoms with Crippen molar-refractivity contribution >= 4 is 16.3 Å². The van der Waals surface area contributed by atoms with Gasteiger partial charge in [0.15, 0.2) is 6.29 Å². The average Bonchev–Trinajstić information content (AvgIpc) is 3.14. The van der Waals surface area contributed by atoms with Gasteiger partial charge in [0, 0.05) is 6.42 Å². The van der Waals surface area contributed by atoms with Gasteiger partial charge in [-0.25, -0.2) is 4.18 Å². The molecule has 1 fully saturated rings. The number of aliphatic hydroxyl groups excluding tert-OH is 4. The lowest BCUT2D eigenvalue weighted by Gasteiger charge is -2.41. The van der Waals surface area contributed by atoms with Crippen LogP contribution in [-0.4, -0.2) is 95.4 Å². The van der Waals surface area contributed by atoms with Crippen LogP contribution in [0.5, 0.6) is 0 Å². The molecule has 0 spiro atoms. The first kappa shape index (κ1) is 50.9. The molecule has 0 aliphatic carbocycles. The summed E-state index contributed by atoms with van der Waals surface area (Å²) in [7, 11) is -5.07. The number of hydrogen-bond acceptors (Lipinski definition) is 10. The zero-order valence-corrected chi connectivity index (χ0v) is 34.6. The number of hydrogen-bond donors (Lipinski definition) is 6. The van der Waals surface area contributed by atoms with Crippen molar-refractivity contribution in [2.45, 2.75) is 230 Å². The molecule has 320 valence electrons. The molecule has 1 amide bonds. The summed E-state index contributed by atoms with van der Waals surface area (Å²) < 4.78 is 47.5. The van der Waals surface area contributed by atoms with Gasteiger partial charge >= 0.3 is 10.4 Å². The SMILES string of the molecule is CCCCCCCC/C=C\CCCCCC(=O)NC(COC1OC(CO)C(O)C(OS(=O)(=O)O)C1O)C(O)CCCCCCCCCCCCCCCC. The van der Waals surface area contributed by atoms with E-state index in [2.05, 4.69) is 35.5 Å². The van der Waals surface area contributed by atoms with Crippen LogP contribution in [-0.2, 0) is 28.9 Å². The van der Waals surface area contributed by atoms with E-state index >= 15 is 0 Å². The predicted octanol–water partition coefficient (Wildman–Crippen LogP) is 7.60. The largest absolute Gasteiger partial charge is 0.397 e. The second kappa shape index (κ2) is 32.9. The predicted molar refractivity (Wildman–Crippen MR) is 213 cm³/mol. The van der Waals surface area contributed by atoms with Crippen molar-refractivity contribution < 1.29 is 51.8 Å². The number of rotatable bonds is 36. The number of nitrogens with one attached hydrogen (secondary N) is 1. The maximum absolute atomic E-state index is 13.0. The van der Waals surface area contributed by atoms with Gasteiger partial charge in [-0.3, -0.25) is 9.35 Å². The Labute approximate surface area is 328 Å². The molecule has 0 aromatic rings. The van der Waals surface area contributed by atoms with Crippen LogP contribution in [0.15, 0.2) is 12.2 Å². The van der Waals surface area contributed by atoms with Gasteiger partial charge in [-0.1, -0.05) is 154 Å². The highest BCUT2D eigenvalue weighted by Gasteiger charge is 2.48. The molecule has 0 aromatic carbocycles. The van der Waals surface area contributed by atoms with Crippen LogP contribution >= 0.6 is 0 Å². The van der Waals surface area contributed by atoms with Gasteiger partial charge in [-0.2, -0.15) is 8.42 Å². The molecule has 0 bridgehead atoms. The zero-order valence-electron chi connectivity index (χ0n) is 33.8. The summed E-state index contributed by atoms with van der Waals surface area (Å²) in [5.41, 5.74) is 0. The molecule has 0 saturated carbocycles. The van der Waals surface area contributed by atoms with Crippen molar-refractivity contribution in [3.05, 3.63) is 12.2 Å². The molecule has 6 N–H and O–H groups in total. The van der Waals surface area contributed by atoms with Gasteiger partial charge in [-0.05, 0) is 38.5 Å². The summed E-state index contributed by atoms with van der Waals surface area (Å²) in [6.07, 6.45) is 25.0. The zero-order chi connectivity index (χ0) is 39.9. The standard InChI is InChI=1S/C41H79NO11S/c1-3-5-7-9-11-13-15-17-19-20-22-24-26-28-30-35(44)34(33-51-41-39(47)40(53-54(48,49)50)38(46)36(32-43)52-41)42-37(45)31-29-27-25-23-21-18-16-14-12-10-8-6-4-2/h18,21,34-36,38-41,43-44,46-47H,3-17,19-20,22-33H2,1-2H3,(H,42,45)(H,48,49,50)/b21-18-. The van der Waals surface area contributed by atoms with E-state index < -0.39 is 59.9 Å². The fraction of sp³-hybridized carbons (Fsp3) is 0.927. The number of allylic oxidation sites excluding steroid dienone is 2. The summed E-state index contributed by atoms with van der Waals surface area (Å²) in [6, 6.07) is -0.861. The summed E-state index contributed by atoms with van der Waals surface area (Å²) >= 11 is 0. The first-order chi connectivity index (χ1) is 26.0. The third kappa shape index (κ3) is 25.9. The van der Waals surface area contributed by atoms with Crippen LogP contribution in [0.4, 0.5) is 0 Å². The Morgan fingerprint density at radius 2 is 1.19 bits per heavy atom. The minimum Gasteiger partial charge on any atom is -0.394 e. The van der Waals surface area contributed by atoms with E-state index in [9.17, 15) is 33.6 Å². The van der Waals surface area contributed by atoms with Crippen molar-refractivity contribution in [2.75, 3.05) is 13.2 Å². The number of carbonyl (C=O) groups is 1. The molecule has 1 saturated heterocycles. The maximum Gasteiger partial charge on any atom is 0.397 e. The lowest BCUT2D eigenvalue weighted by atomic mass is 9.99. The second-order valence-corrected chi connectivity index (χ2v) is 16.3. The molecular weight excluding hydrogens is 715 g/mol. The highest BCUT2D eigenvalue weighted by atomic mass is 32.3. The average molecular weight is 794 g/mol. The van der Waals surface area contributed by atoms with E-state index in [1.807, 2.05) is 0 Å². The monoisotopic (exact) mass is 794 g/mol. The third-order valence-electron chi connectivity index (χ3n) is 10.3.